The van der Waals surface area contributed by atoms with Crippen molar-refractivity contribution in [2.75, 3.05) is 26.2 Å². The van der Waals surface area contributed by atoms with E-state index in [1.807, 2.05) is 0 Å². The van der Waals surface area contributed by atoms with Crippen LogP contribution in [0.1, 0.15) is 56.3 Å². The Morgan fingerprint density at radius 1 is 1.14 bits per heavy atom. The van der Waals surface area contributed by atoms with Crippen LogP contribution in [0.2, 0.25) is 0 Å². The highest BCUT2D eigenvalue weighted by Crippen LogP contribution is 2.23. The molecule has 0 unspecified atom stereocenters. The molecule has 28 heavy (non-hydrogen) atoms. The molecule has 0 radical (unpaired) electrons. The summed E-state index contributed by atoms with van der Waals surface area (Å²) in [6, 6.07) is 5.66. The van der Waals surface area contributed by atoms with E-state index in [0.717, 1.165) is 32.1 Å². The molecule has 1 aliphatic heterocycles. The minimum absolute atomic E-state index is 0.160. The Morgan fingerprint density at radius 2 is 1.79 bits per heavy atom. The third-order valence-electron chi connectivity index (χ3n) is 4.91. The molecule has 0 bridgehead atoms. The highest BCUT2D eigenvalue weighted by Gasteiger charge is 2.28. The first-order chi connectivity index (χ1) is 13.3. The van der Waals surface area contributed by atoms with Crippen molar-refractivity contribution in [1.82, 2.24) is 9.62 Å². The van der Waals surface area contributed by atoms with Crippen LogP contribution in [-0.4, -0.2) is 50.8 Å². The quantitative estimate of drug-likeness (QED) is 0.499. The van der Waals surface area contributed by atoms with Gasteiger partial charge in [0.05, 0.1) is 10.5 Å². The molecule has 1 aromatic carbocycles. The summed E-state index contributed by atoms with van der Waals surface area (Å²) in [5.74, 6) is -0.463. The Labute approximate surface area is 167 Å². The molecule has 1 fully saturated rings. The molecule has 1 amide bonds. The summed E-state index contributed by atoms with van der Waals surface area (Å²) < 4.78 is 31.9. The van der Waals surface area contributed by atoms with E-state index >= 15 is 0 Å². The predicted octanol–water partition coefficient (Wildman–Crippen LogP) is 2.57. The molecule has 1 heterocycles. The average molecular weight is 411 g/mol. The molecule has 1 aliphatic rings. The normalized spacial score (nSPS) is 15.9. The first-order valence-electron chi connectivity index (χ1n) is 9.88. The highest BCUT2D eigenvalue weighted by molar-refractivity contribution is 7.89. The Balaban J connectivity index is 1.87. The maximum atomic E-state index is 12.7. The number of carbonyl (C=O) groups excluding carboxylic acids is 2. The second-order valence-corrected chi connectivity index (χ2v) is 9.18. The lowest BCUT2D eigenvalue weighted by Crippen LogP contribution is -2.37. The van der Waals surface area contributed by atoms with Gasteiger partial charge in [0, 0.05) is 19.6 Å². The van der Waals surface area contributed by atoms with Crippen LogP contribution in [0.3, 0.4) is 0 Å². The van der Waals surface area contributed by atoms with E-state index in [1.165, 1.54) is 28.6 Å². The monoisotopic (exact) mass is 410 g/mol. The zero-order chi connectivity index (χ0) is 20.6. The summed E-state index contributed by atoms with van der Waals surface area (Å²) in [4.78, 5) is 23.9. The molecule has 7 nitrogen and oxygen atoms in total. The lowest BCUT2D eigenvalue weighted by Gasteiger charge is -2.29. The van der Waals surface area contributed by atoms with Crippen molar-refractivity contribution in [2.45, 2.75) is 50.8 Å². The summed E-state index contributed by atoms with van der Waals surface area (Å²) in [7, 11) is -3.55. The van der Waals surface area contributed by atoms with E-state index in [9.17, 15) is 18.0 Å². The van der Waals surface area contributed by atoms with Gasteiger partial charge in [-0.2, -0.15) is 4.31 Å². The number of nitrogens with zero attached hydrogens (tertiary/aromatic N) is 1. The number of unbranched alkanes of at least 4 members (excludes halogenated alkanes) is 2. The van der Waals surface area contributed by atoms with Crippen LogP contribution < -0.4 is 5.32 Å². The van der Waals surface area contributed by atoms with Crippen molar-refractivity contribution in [3.8, 4) is 0 Å². The molecule has 1 aromatic rings. The molecule has 1 N–H and O–H groups in total. The van der Waals surface area contributed by atoms with E-state index in [0.29, 0.717) is 25.6 Å². The van der Waals surface area contributed by atoms with Crippen LogP contribution in [0.25, 0.3) is 0 Å². The Morgan fingerprint density at radius 3 is 2.39 bits per heavy atom. The lowest BCUT2D eigenvalue weighted by atomic mass is 10.0. The number of ether oxygens (including phenoxy) is 1. The maximum absolute atomic E-state index is 12.7. The van der Waals surface area contributed by atoms with Crippen LogP contribution in [0.5, 0.6) is 0 Å². The molecule has 0 spiro atoms. The SMILES string of the molecule is CCCCCNC(=O)COC(=O)c1ccc(S(=O)(=O)N2CCC(C)CC2)cc1. The largest absolute Gasteiger partial charge is 0.452 e. The van der Waals surface area contributed by atoms with E-state index in [1.54, 1.807) is 0 Å². The molecular weight excluding hydrogens is 380 g/mol. The first kappa shape index (κ1) is 22.4. The van der Waals surface area contributed by atoms with Gasteiger partial charge in [-0.1, -0.05) is 26.7 Å². The number of piperidine rings is 1. The van der Waals surface area contributed by atoms with Crippen molar-refractivity contribution >= 4 is 21.9 Å². The molecule has 1 saturated heterocycles. The second-order valence-electron chi connectivity index (χ2n) is 7.24. The smallest absolute Gasteiger partial charge is 0.338 e. The van der Waals surface area contributed by atoms with Crippen molar-refractivity contribution in [1.29, 1.82) is 0 Å². The summed E-state index contributed by atoms with van der Waals surface area (Å²) in [6.07, 6.45) is 4.69. The van der Waals surface area contributed by atoms with Crippen molar-refractivity contribution in [3.63, 3.8) is 0 Å². The summed E-state index contributed by atoms with van der Waals surface area (Å²) in [5, 5.41) is 2.69. The summed E-state index contributed by atoms with van der Waals surface area (Å²) in [6.45, 7) is 5.44. The number of esters is 1. The van der Waals surface area contributed by atoms with Gasteiger partial charge >= 0.3 is 5.97 Å². The maximum Gasteiger partial charge on any atom is 0.338 e. The number of benzene rings is 1. The Kier molecular flexibility index (Phi) is 8.44. The summed E-state index contributed by atoms with van der Waals surface area (Å²) >= 11 is 0. The third-order valence-corrected chi connectivity index (χ3v) is 6.82. The van der Waals surface area contributed by atoms with E-state index in [-0.39, 0.29) is 23.0 Å². The zero-order valence-electron chi connectivity index (χ0n) is 16.6. The zero-order valence-corrected chi connectivity index (χ0v) is 17.5. The fourth-order valence-electron chi connectivity index (χ4n) is 3.01. The minimum atomic E-state index is -3.55. The standard InChI is InChI=1S/C20H30N2O5S/c1-3-4-5-12-21-19(23)15-27-20(24)17-6-8-18(9-7-17)28(25,26)22-13-10-16(2)11-14-22/h6-9,16H,3-5,10-15H2,1-2H3,(H,21,23). The fourth-order valence-corrected chi connectivity index (χ4v) is 4.48. The number of hydrogen-bond acceptors (Lipinski definition) is 5. The molecule has 2 rings (SSSR count). The van der Waals surface area contributed by atoms with Gasteiger partial charge in [-0.15, -0.1) is 0 Å². The Bertz CT molecular complexity index is 753. The molecule has 0 atom stereocenters. The van der Waals surface area contributed by atoms with Gasteiger partial charge in [0.1, 0.15) is 0 Å². The molecule has 0 saturated carbocycles. The first-order valence-corrected chi connectivity index (χ1v) is 11.3. The molecule has 156 valence electrons. The van der Waals surface area contributed by atoms with Gasteiger partial charge in [-0.25, -0.2) is 13.2 Å². The number of amides is 1. The molecule has 8 heteroatoms. The van der Waals surface area contributed by atoms with Crippen LogP contribution in [0, 0.1) is 5.92 Å². The van der Waals surface area contributed by atoms with Gasteiger partial charge in [0.2, 0.25) is 10.0 Å². The number of hydrogen-bond donors (Lipinski definition) is 1. The van der Waals surface area contributed by atoms with E-state index in [2.05, 4.69) is 19.2 Å². The Hall–Kier alpha value is -1.93. The number of rotatable bonds is 9. The van der Waals surface area contributed by atoms with Crippen molar-refractivity contribution in [3.05, 3.63) is 29.8 Å². The summed E-state index contributed by atoms with van der Waals surface area (Å²) in [5.41, 5.74) is 0.213. The van der Waals surface area contributed by atoms with Crippen molar-refractivity contribution < 1.29 is 22.7 Å². The molecule has 0 aromatic heterocycles. The van der Waals surface area contributed by atoms with Gasteiger partial charge in [-0.05, 0) is 49.4 Å². The van der Waals surface area contributed by atoms with E-state index in [4.69, 9.17) is 4.74 Å². The molecular formula is C20H30N2O5S. The van der Waals surface area contributed by atoms with Gasteiger partial charge in [0.15, 0.2) is 6.61 Å². The average Bonchev–Trinajstić information content (AvgIpc) is 2.70. The predicted molar refractivity (Wildman–Crippen MR) is 106 cm³/mol. The van der Waals surface area contributed by atoms with Gasteiger partial charge < -0.3 is 10.1 Å². The fraction of sp³-hybridized carbons (Fsp3) is 0.600. The molecule has 0 aliphatic carbocycles. The third kappa shape index (κ3) is 6.31. The number of nitrogens with one attached hydrogen (secondary N) is 1. The van der Waals surface area contributed by atoms with Crippen LogP contribution in [0.15, 0.2) is 29.2 Å². The van der Waals surface area contributed by atoms with Crippen LogP contribution in [0.4, 0.5) is 0 Å². The van der Waals surface area contributed by atoms with Crippen LogP contribution >= 0.6 is 0 Å². The van der Waals surface area contributed by atoms with E-state index < -0.39 is 16.0 Å². The number of sulfonamides is 1. The highest BCUT2D eigenvalue weighted by atomic mass is 32.2. The topological polar surface area (TPSA) is 92.8 Å². The van der Waals surface area contributed by atoms with Gasteiger partial charge in [-0.3, -0.25) is 4.79 Å². The number of carbonyl (C=O) groups is 2. The van der Waals surface area contributed by atoms with Crippen molar-refractivity contribution in [2.24, 2.45) is 5.92 Å². The minimum Gasteiger partial charge on any atom is -0.452 e. The second kappa shape index (κ2) is 10.6. The van der Waals surface area contributed by atoms with Gasteiger partial charge in [0.25, 0.3) is 5.91 Å². The van der Waals surface area contributed by atoms with Crippen LogP contribution in [-0.2, 0) is 19.6 Å². The lowest BCUT2D eigenvalue weighted by molar-refractivity contribution is -0.124.